The average Bonchev–Trinajstić information content (AvgIpc) is 2.93. The molecule has 0 saturated heterocycles. The van der Waals surface area contributed by atoms with E-state index in [2.05, 4.69) is 15.5 Å². The minimum Gasteiger partial charge on any atom is -0.413 e. The Morgan fingerprint density at radius 3 is 2.55 bits per heavy atom. The second kappa shape index (κ2) is 6.89. The van der Waals surface area contributed by atoms with Gasteiger partial charge in [-0.1, -0.05) is 16.7 Å². The highest BCUT2D eigenvalue weighted by atomic mass is 35.5. The van der Waals surface area contributed by atoms with Crippen molar-refractivity contribution in [2.24, 2.45) is 0 Å². The van der Waals surface area contributed by atoms with Gasteiger partial charge in [0.05, 0.1) is 0 Å². The van der Waals surface area contributed by atoms with E-state index in [1.165, 1.54) is 0 Å². The average molecular weight is 344 g/mol. The van der Waals surface area contributed by atoms with Gasteiger partial charge >= 0.3 is 5.22 Å². The summed E-state index contributed by atoms with van der Waals surface area (Å²) in [5, 5.41) is 10.0. The van der Waals surface area contributed by atoms with Gasteiger partial charge in [-0.3, -0.25) is 4.79 Å². The standard InChI is InChI=1S/C13H14ClN3O4S/c1-22(19,20)13-17-16-11(21-13)3-2-8-15-12(18)9-4-6-10(14)7-5-9/h4-7H,2-3,8H2,1H3,(H,15,18). The number of benzene rings is 1. The molecule has 0 fully saturated rings. The molecule has 1 N–H and O–H groups in total. The van der Waals surface area contributed by atoms with E-state index < -0.39 is 15.1 Å². The van der Waals surface area contributed by atoms with Crippen LogP contribution in [0.2, 0.25) is 5.02 Å². The van der Waals surface area contributed by atoms with Crippen LogP contribution in [0.5, 0.6) is 0 Å². The molecule has 7 nitrogen and oxygen atoms in total. The van der Waals surface area contributed by atoms with E-state index in [0.29, 0.717) is 30.0 Å². The number of aryl methyl sites for hydroxylation is 1. The topological polar surface area (TPSA) is 102 Å². The van der Waals surface area contributed by atoms with Gasteiger partial charge in [-0.2, -0.15) is 0 Å². The first-order valence-electron chi connectivity index (χ1n) is 6.42. The Morgan fingerprint density at radius 1 is 1.27 bits per heavy atom. The second-order valence-electron chi connectivity index (χ2n) is 4.60. The predicted molar refractivity (Wildman–Crippen MR) is 79.5 cm³/mol. The van der Waals surface area contributed by atoms with Crippen LogP contribution in [-0.2, 0) is 16.3 Å². The predicted octanol–water partition coefficient (Wildman–Crippen LogP) is 1.49. The van der Waals surface area contributed by atoms with Gasteiger partial charge in [-0.15, -0.1) is 5.10 Å². The van der Waals surface area contributed by atoms with Crippen molar-refractivity contribution in [2.45, 2.75) is 18.1 Å². The number of rotatable bonds is 6. The monoisotopic (exact) mass is 343 g/mol. The molecule has 9 heteroatoms. The Bertz CT molecular complexity index is 756. The van der Waals surface area contributed by atoms with Crippen LogP contribution in [-0.4, -0.2) is 37.3 Å². The number of sulfone groups is 1. The molecule has 0 spiro atoms. The minimum absolute atomic E-state index is 0.209. The molecule has 1 amide bonds. The summed E-state index contributed by atoms with van der Waals surface area (Å²) in [6.45, 7) is 0.401. The van der Waals surface area contributed by atoms with Crippen molar-refractivity contribution in [2.75, 3.05) is 12.8 Å². The number of nitrogens with one attached hydrogen (secondary N) is 1. The van der Waals surface area contributed by atoms with Gasteiger partial charge in [-0.25, -0.2) is 8.42 Å². The van der Waals surface area contributed by atoms with Crippen LogP contribution in [0, 0.1) is 0 Å². The van der Waals surface area contributed by atoms with Crippen LogP contribution in [0.25, 0.3) is 0 Å². The molecule has 22 heavy (non-hydrogen) atoms. The smallest absolute Gasteiger partial charge is 0.335 e. The van der Waals surface area contributed by atoms with Crippen molar-refractivity contribution in [1.82, 2.24) is 15.5 Å². The van der Waals surface area contributed by atoms with Crippen LogP contribution in [0.1, 0.15) is 22.7 Å². The number of halogens is 1. The number of aromatic nitrogens is 2. The largest absolute Gasteiger partial charge is 0.413 e. The molecule has 0 unspecified atom stereocenters. The molecule has 0 aliphatic carbocycles. The number of carbonyl (C=O) groups is 1. The molecular formula is C13H14ClN3O4S. The Balaban J connectivity index is 1.78. The zero-order valence-electron chi connectivity index (χ0n) is 11.7. The first-order valence-corrected chi connectivity index (χ1v) is 8.69. The van der Waals surface area contributed by atoms with Crippen LogP contribution in [0.4, 0.5) is 0 Å². The fourth-order valence-corrected chi connectivity index (χ4v) is 2.20. The van der Waals surface area contributed by atoms with Crippen molar-refractivity contribution in [3.05, 3.63) is 40.7 Å². The Morgan fingerprint density at radius 2 is 1.95 bits per heavy atom. The molecule has 2 aromatic rings. The van der Waals surface area contributed by atoms with E-state index in [4.69, 9.17) is 16.0 Å². The maximum absolute atomic E-state index is 11.8. The lowest BCUT2D eigenvalue weighted by atomic mass is 10.2. The van der Waals surface area contributed by atoms with E-state index >= 15 is 0 Å². The summed E-state index contributed by atoms with van der Waals surface area (Å²) >= 11 is 5.75. The van der Waals surface area contributed by atoms with Crippen molar-refractivity contribution in [3.63, 3.8) is 0 Å². The first kappa shape index (κ1) is 16.4. The molecule has 0 aliphatic heterocycles. The highest BCUT2D eigenvalue weighted by Gasteiger charge is 2.16. The van der Waals surface area contributed by atoms with E-state index in [0.717, 1.165) is 6.26 Å². The van der Waals surface area contributed by atoms with Gasteiger partial charge in [-0.05, 0) is 30.7 Å². The summed E-state index contributed by atoms with van der Waals surface area (Å²) in [6, 6.07) is 6.55. The van der Waals surface area contributed by atoms with Gasteiger partial charge in [0.2, 0.25) is 15.7 Å². The molecule has 1 aromatic heterocycles. The molecule has 0 bridgehead atoms. The summed E-state index contributed by atoms with van der Waals surface area (Å²) in [6.07, 6.45) is 1.92. The number of nitrogens with zero attached hydrogens (tertiary/aromatic N) is 2. The highest BCUT2D eigenvalue weighted by molar-refractivity contribution is 7.90. The number of amides is 1. The van der Waals surface area contributed by atoms with Crippen molar-refractivity contribution < 1.29 is 17.6 Å². The molecule has 118 valence electrons. The van der Waals surface area contributed by atoms with Crippen LogP contribution in [0.15, 0.2) is 33.9 Å². The normalized spacial score (nSPS) is 11.4. The Kier molecular flexibility index (Phi) is 5.15. The fraction of sp³-hybridized carbons (Fsp3) is 0.308. The molecule has 1 heterocycles. The zero-order valence-corrected chi connectivity index (χ0v) is 13.3. The summed E-state index contributed by atoms with van der Waals surface area (Å²) in [7, 11) is -3.49. The summed E-state index contributed by atoms with van der Waals surface area (Å²) < 4.78 is 27.4. The number of hydrogen-bond acceptors (Lipinski definition) is 6. The molecule has 2 rings (SSSR count). The third-order valence-electron chi connectivity index (χ3n) is 2.72. The number of hydrogen-bond donors (Lipinski definition) is 1. The Hall–Kier alpha value is -1.93. The third-order valence-corrected chi connectivity index (χ3v) is 3.78. The van der Waals surface area contributed by atoms with Gasteiger partial charge in [0.1, 0.15) is 0 Å². The minimum atomic E-state index is -3.49. The third kappa shape index (κ3) is 4.54. The summed E-state index contributed by atoms with van der Waals surface area (Å²) in [4.78, 5) is 11.8. The number of carbonyl (C=O) groups excluding carboxylic acids is 1. The van der Waals surface area contributed by atoms with Crippen LogP contribution in [0.3, 0.4) is 0 Å². The van der Waals surface area contributed by atoms with Crippen LogP contribution >= 0.6 is 11.6 Å². The molecule has 0 radical (unpaired) electrons. The maximum atomic E-state index is 11.8. The Labute approximate surface area is 132 Å². The van der Waals surface area contributed by atoms with Crippen molar-refractivity contribution >= 4 is 27.3 Å². The summed E-state index contributed by atoms with van der Waals surface area (Å²) in [5.74, 6) is 0.0141. The lowest BCUT2D eigenvalue weighted by molar-refractivity contribution is 0.0953. The van der Waals surface area contributed by atoms with E-state index in [1.54, 1.807) is 24.3 Å². The molecule has 0 atom stereocenters. The quantitative estimate of drug-likeness (QED) is 0.797. The van der Waals surface area contributed by atoms with Gasteiger partial charge in [0.15, 0.2) is 0 Å². The molecule has 1 aromatic carbocycles. The van der Waals surface area contributed by atoms with Crippen LogP contribution < -0.4 is 5.32 Å². The lowest BCUT2D eigenvalue weighted by Gasteiger charge is -2.04. The fourth-order valence-electron chi connectivity index (χ4n) is 1.63. The second-order valence-corrected chi connectivity index (χ2v) is 6.93. The van der Waals surface area contributed by atoms with Gasteiger partial charge < -0.3 is 9.73 Å². The molecule has 0 aliphatic rings. The first-order chi connectivity index (χ1) is 10.4. The van der Waals surface area contributed by atoms with Gasteiger partial charge in [0, 0.05) is 29.8 Å². The van der Waals surface area contributed by atoms with Crippen molar-refractivity contribution in [1.29, 1.82) is 0 Å². The SMILES string of the molecule is CS(=O)(=O)c1nnc(CCCNC(=O)c2ccc(Cl)cc2)o1. The zero-order chi connectivity index (χ0) is 16.2. The van der Waals surface area contributed by atoms with E-state index in [9.17, 15) is 13.2 Å². The van der Waals surface area contributed by atoms with E-state index in [1.807, 2.05) is 0 Å². The van der Waals surface area contributed by atoms with Crippen molar-refractivity contribution in [3.8, 4) is 0 Å². The molecular weight excluding hydrogens is 330 g/mol. The van der Waals surface area contributed by atoms with E-state index in [-0.39, 0.29) is 11.8 Å². The highest BCUT2D eigenvalue weighted by Crippen LogP contribution is 2.10. The van der Waals surface area contributed by atoms with Gasteiger partial charge in [0.25, 0.3) is 5.91 Å². The maximum Gasteiger partial charge on any atom is 0.335 e. The molecule has 0 saturated carbocycles. The lowest BCUT2D eigenvalue weighted by Crippen LogP contribution is -2.24. The summed E-state index contributed by atoms with van der Waals surface area (Å²) in [5.41, 5.74) is 0.515.